The van der Waals surface area contributed by atoms with Crippen molar-refractivity contribution in [2.24, 2.45) is 5.92 Å². The summed E-state index contributed by atoms with van der Waals surface area (Å²) in [6.07, 6.45) is 6.68. The van der Waals surface area contributed by atoms with Crippen LogP contribution in [0.2, 0.25) is 5.15 Å². The third-order valence-corrected chi connectivity index (χ3v) is 4.50. The summed E-state index contributed by atoms with van der Waals surface area (Å²) >= 11 is 7.53. The highest BCUT2D eigenvalue weighted by Crippen LogP contribution is 2.28. The Morgan fingerprint density at radius 2 is 2.38 bits per heavy atom. The maximum atomic E-state index is 5.87. The fourth-order valence-electron chi connectivity index (χ4n) is 2.44. The number of hydrogen-bond donors (Lipinski definition) is 0. The Morgan fingerprint density at radius 1 is 1.50 bits per heavy atom. The predicted molar refractivity (Wildman–Crippen MR) is 71.6 cm³/mol. The van der Waals surface area contributed by atoms with E-state index < -0.39 is 0 Å². The number of anilines is 1. The number of aromatic nitrogens is 1. The summed E-state index contributed by atoms with van der Waals surface area (Å²) in [5.74, 6) is 0.922. The van der Waals surface area contributed by atoms with E-state index in [1.807, 2.05) is 5.38 Å². The molecule has 0 spiro atoms. The average molecular weight is 259 g/mol. The van der Waals surface area contributed by atoms with Crippen LogP contribution in [-0.4, -0.2) is 18.1 Å². The molecule has 0 aromatic carbocycles. The third-order valence-electron chi connectivity index (χ3n) is 3.28. The second-order valence-corrected chi connectivity index (χ2v) is 5.75. The summed E-state index contributed by atoms with van der Waals surface area (Å²) in [5, 5.41) is 3.65. The van der Waals surface area contributed by atoms with Gasteiger partial charge in [0.05, 0.1) is 0 Å². The number of nitrogens with zero attached hydrogens (tertiary/aromatic N) is 2. The van der Waals surface area contributed by atoms with Crippen LogP contribution in [-0.2, 0) is 0 Å². The van der Waals surface area contributed by atoms with Gasteiger partial charge in [-0.1, -0.05) is 31.4 Å². The van der Waals surface area contributed by atoms with Gasteiger partial charge in [-0.3, -0.25) is 0 Å². The van der Waals surface area contributed by atoms with Crippen LogP contribution < -0.4 is 4.90 Å². The van der Waals surface area contributed by atoms with Gasteiger partial charge in [-0.15, -0.1) is 11.3 Å². The monoisotopic (exact) mass is 258 g/mol. The maximum Gasteiger partial charge on any atom is 0.186 e. The van der Waals surface area contributed by atoms with Gasteiger partial charge >= 0.3 is 0 Å². The molecule has 90 valence electrons. The molecule has 0 radical (unpaired) electrons. The fraction of sp³-hybridized carbons (Fsp3) is 0.750. The summed E-state index contributed by atoms with van der Waals surface area (Å²) in [4.78, 5) is 6.75. The van der Waals surface area contributed by atoms with Crippen molar-refractivity contribution in [1.29, 1.82) is 0 Å². The highest BCUT2D eigenvalue weighted by molar-refractivity contribution is 7.14. The van der Waals surface area contributed by atoms with Crippen molar-refractivity contribution in [2.75, 3.05) is 18.0 Å². The smallest absolute Gasteiger partial charge is 0.186 e. The first kappa shape index (κ1) is 12.2. The van der Waals surface area contributed by atoms with Crippen molar-refractivity contribution >= 4 is 28.1 Å². The second-order valence-electron chi connectivity index (χ2n) is 4.53. The zero-order valence-corrected chi connectivity index (χ0v) is 11.4. The van der Waals surface area contributed by atoms with Gasteiger partial charge < -0.3 is 4.90 Å². The van der Waals surface area contributed by atoms with Crippen molar-refractivity contribution < 1.29 is 0 Å². The molecule has 1 aromatic rings. The minimum Gasteiger partial charge on any atom is -0.348 e. The van der Waals surface area contributed by atoms with Crippen LogP contribution in [0.3, 0.4) is 0 Å². The minimum atomic E-state index is 0.634. The maximum absolute atomic E-state index is 5.87. The Hall–Kier alpha value is -0.280. The summed E-state index contributed by atoms with van der Waals surface area (Å²) in [6.45, 7) is 4.57. The van der Waals surface area contributed by atoms with Gasteiger partial charge in [0.15, 0.2) is 5.13 Å². The first-order valence-corrected chi connectivity index (χ1v) is 7.41. The van der Waals surface area contributed by atoms with Crippen LogP contribution in [0, 0.1) is 5.92 Å². The largest absolute Gasteiger partial charge is 0.348 e. The molecule has 2 nitrogen and oxygen atoms in total. The molecular weight excluding hydrogens is 240 g/mol. The molecule has 1 aliphatic rings. The highest BCUT2D eigenvalue weighted by Gasteiger charge is 2.18. The van der Waals surface area contributed by atoms with E-state index in [1.54, 1.807) is 11.3 Å². The number of thiazole rings is 1. The Labute approximate surface area is 107 Å². The second kappa shape index (κ2) is 5.87. The molecule has 1 aliphatic heterocycles. The van der Waals surface area contributed by atoms with Crippen LogP contribution in [0.25, 0.3) is 0 Å². The van der Waals surface area contributed by atoms with E-state index in [0.29, 0.717) is 5.15 Å². The summed E-state index contributed by atoms with van der Waals surface area (Å²) in [7, 11) is 0. The van der Waals surface area contributed by atoms with Crippen molar-refractivity contribution in [3.05, 3.63) is 10.5 Å². The normalized spacial score (nSPS) is 22.1. The number of hydrogen-bond acceptors (Lipinski definition) is 3. The standard InChI is InChI=1S/C12H19ClN2S/c1-2-4-10-5-3-7-15(8-6-10)12-14-11(13)9-16-12/h9-10H,2-8H2,1H3. The predicted octanol–water partition coefficient (Wildman–Crippen LogP) is 4.20. The van der Waals surface area contributed by atoms with Gasteiger partial charge in [0.25, 0.3) is 0 Å². The van der Waals surface area contributed by atoms with E-state index in [2.05, 4.69) is 16.8 Å². The van der Waals surface area contributed by atoms with E-state index in [1.165, 1.54) is 32.1 Å². The lowest BCUT2D eigenvalue weighted by molar-refractivity contribution is 0.435. The van der Waals surface area contributed by atoms with Gasteiger partial charge in [0, 0.05) is 18.5 Å². The lowest BCUT2D eigenvalue weighted by atomic mass is 9.96. The first-order valence-electron chi connectivity index (χ1n) is 6.15. The minimum absolute atomic E-state index is 0.634. The highest BCUT2D eigenvalue weighted by atomic mass is 35.5. The van der Waals surface area contributed by atoms with E-state index in [-0.39, 0.29) is 0 Å². The molecule has 2 rings (SSSR count). The van der Waals surface area contributed by atoms with Gasteiger partial charge in [0.2, 0.25) is 0 Å². The molecule has 1 aromatic heterocycles. The van der Waals surface area contributed by atoms with Gasteiger partial charge in [0.1, 0.15) is 5.15 Å². The Bertz CT molecular complexity index is 327. The zero-order valence-electron chi connectivity index (χ0n) is 9.79. The van der Waals surface area contributed by atoms with Crippen molar-refractivity contribution in [3.63, 3.8) is 0 Å². The number of rotatable bonds is 3. The summed E-state index contributed by atoms with van der Waals surface area (Å²) in [6, 6.07) is 0. The molecule has 4 heteroatoms. The third kappa shape index (κ3) is 3.11. The summed E-state index contributed by atoms with van der Waals surface area (Å²) < 4.78 is 0. The molecule has 0 bridgehead atoms. The Kier molecular flexibility index (Phi) is 4.47. The zero-order chi connectivity index (χ0) is 11.4. The van der Waals surface area contributed by atoms with Crippen molar-refractivity contribution in [3.8, 4) is 0 Å². The average Bonchev–Trinajstić information content (AvgIpc) is 2.57. The van der Waals surface area contributed by atoms with Crippen LogP contribution in [0.5, 0.6) is 0 Å². The van der Waals surface area contributed by atoms with Gasteiger partial charge in [-0.2, -0.15) is 0 Å². The van der Waals surface area contributed by atoms with E-state index >= 15 is 0 Å². The van der Waals surface area contributed by atoms with Crippen LogP contribution >= 0.6 is 22.9 Å². The van der Waals surface area contributed by atoms with E-state index in [0.717, 1.165) is 24.1 Å². The molecule has 1 fully saturated rings. The molecule has 0 aliphatic carbocycles. The van der Waals surface area contributed by atoms with Crippen LogP contribution in [0.15, 0.2) is 5.38 Å². The molecule has 0 amide bonds. The molecule has 1 atom stereocenters. The van der Waals surface area contributed by atoms with Gasteiger partial charge in [-0.05, 0) is 25.2 Å². The molecule has 16 heavy (non-hydrogen) atoms. The summed E-state index contributed by atoms with van der Waals surface area (Å²) in [5.41, 5.74) is 0. The molecule has 2 heterocycles. The Balaban J connectivity index is 1.93. The quantitative estimate of drug-likeness (QED) is 0.808. The van der Waals surface area contributed by atoms with Crippen LogP contribution in [0.4, 0.5) is 5.13 Å². The number of halogens is 1. The lowest BCUT2D eigenvalue weighted by Gasteiger charge is -2.19. The van der Waals surface area contributed by atoms with Gasteiger partial charge in [-0.25, -0.2) is 4.98 Å². The van der Waals surface area contributed by atoms with E-state index in [4.69, 9.17) is 11.6 Å². The first-order chi connectivity index (χ1) is 7.79. The topological polar surface area (TPSA) is 16.1 Å². The van der Waals surface area contributed by atoms with Crippen LogP contribution in [0.1, 0.15) is 39.0 Å². The lowest BCUT2D eigenvalue weighted by Crippen LogP contribution is -2.23. The Morgan fingerprint density at radius 3 is 3.06 bits per heavy atom. The molecule has 0 N–H and O–H groups in total. The van der Waals surface area contributed by atoms with Crippen molar-refractivity contribution in [2.45, 2.75) is 39.0 Å². The fourth-order valence-corrected chi connectivity index (χ4v) is 3.45. The molecule has 1 saturated heterocycles. The molecule has 1 unspecified atom stereocenters. The molecular formula is C12H19ClN2S. The van der Waals surface area contributed by atoms with Crippen molar-refractivity contribution in [1.82, 2.24) is 4.98 Å². The SMILES string of the molecule is CCCC1CCCN(c2nc(Cl)cs2)CC1. The van der Waals surface area contributed by atoms with E-state index in [9.17, 15) is 0 Å². The molecule has 0 saturated carbocycles.